The van der Waals surface area contributed by atoms with Gasteiger partial charge in [-0.15, -0.1) is 0 Å². The van der Waals surface area contributed by atoms with Crippen molar-refractivity contribution >= 4 is 43.8 Å². The maximum Gasteiger partial charge on any atom is 0.329 e. The fourth-order valence-electron chi connectivity index (χ4n) is 4.33. The van der Waals surface area contributed by atoms with E-state index in [-0.39, 0.29) is 11.6 Å². The second-order valence-corrected chi connectivity index (χ2v) is 8.97. The van der Waals surface area contributed by atoms with Gasteiger partial charge in [-0.1, -0.05) is 30.4 Å². The molecule has 0 unspecified atom stereocenters. The van der Waals surface area contributed by atoms with Crippen LogP contribution in [0.3, 0.4) is 0 Å². The first kappa shape index (κ1) is 20.7. The van der Waals surface area contributed by atoms with E-state index in [0.717, 1.165) is 46.0 Å². The molecule has 0 radical (unpaired) electrons. The Morgan fingerprint density at radius 1 is 1.00 bits per heavy atom. The van der Waals surface area contributed by atoms with Gasteiger partial charge in [0.1, 0.15) is 10.3 Å². The molecule has 0 N–H and O–H groups in total. The summed E-state index contributed by atoms with van der Waals surface area (Å²) in [6.07, 6.45) is 3.00. The number of aromatic nitrogens is 4. The zero-order chi connectivity index (χ0) is 22.1. The molecule has 5 rings (SSSR count). The molecular formula is C23H26N6O2S. The monoisotopic (exact) mass is 450 g/mol. The number of imidazole rings is 1. The predicted molar refractivity (Wildman–Crippen MR) is 127 cm³/mol. The van der Waals surface area contributed by atoms with Crippen molar-refractivity contribution in [2.75, 3.05) is 31.1 Å². The number of carbonyl (C=O) groups excluding carboxylic acids is 1. The van der Waals surface area contributed by atoms with Crippen LogP contribution >= 0.6 is 11.3 Å². The Morgan fingerprint density at radius 3 is 2.41 bits per heavy atom. The molecule has 4 heterocycles. The highest BCUT2D eigenvalue weighted by Crippen LogP contribution is 2.27. The molecule has 9 heteroatoms. The number of fused-ring (bicyclic) bond motifs is 2. The average Bonchev–Trinajstić information content (AvgIpc) is 3.37. The molecule has 0 bridgehead atoms. The van der Waals surface area contributed by atoms with Crippen LogP contribution in [0.1, 0.15) is 19.8 Å². The van der Waals surface area contributed by atoms with Crippen LogP contribution in [0.25, 0.3) is 21.4 Å². The van der Waals surface area contributed by atoms with E-state index < -0.39 is 0 Å². The van der Waals surface area contributed by atoms with E-state index in [2.05, 4.69) is 21.8 Å². The van der Waals surface area contributed by atoms with E-state index in [1.54, 1.807) is 22.1 Å². The van der Waals surface area contributed by atoms with Gasteiger partial charge in [0, 0.05) is 51.9 Å². The summed E-state index contributed by atoms with van der Waals surface area (Å²) in [6, 6.07) is 11.7. The lowest BCUT2D eigenvalue weighted by Crippen LogP contribution is -2.49. The highest BCUT2D eigenvalue weighted by atomic mass is 32.1. The zero-order valence-electron chi connectivity index (χ0n) is 18.1. The third-order valence-corrected chi connectivity index (χ3v) is 7.02. The Bertz CT molecular complexity index is 1280. The Kier molecular flexibility index (Phi) is 5.65. The average molecular weight is 451 g/mol. The minimum absolute atomic E-state index is 0.0323. The molecule has 0 spiro atoms. The number of pyridine rings is 1. The van der Waals surface area contributed by atoms with Crippen molar-refractivity contribution in [2.24, 2.45) is 0 Å². The van der Waals surface area contributed by atoms with Crippen LogP contribution in [0.2, 0.25) is 0 Å². The minimum Gasteiger partial charge on any atom is -0.344 e. The quantitative estimate of drug-likeness (QED) is 0.451. The van der Waals surface area contributed by atoms with Crippen LogP contribution in [-0.4, -0.2) is 56.1 Å². The zero-order valence-corrected chi connectivity index (χ0v) is 18.9. The van der Waals surface area contributed by atoms with Gasteiger partial charge in [0.2, 0.25) is 5.91 Å². The molecule has 1 amide bonds. The van der Waals surface area contributed by atoms with Crippen LogP contribution in [-0.2, 0) is 17.9 Å². The standard InChI is InChI=1S/C23H26N6O2S/c1-2-11-28-18-7-3-4-8-19(18)29(23(28)31)12-9-20(30)26-13-15-27(16-14-26)22-25-17-6-5-10-24-21(17)32-22/h3-8,10H,2,9,11-16H2,1H3. The van der Waals surface area contributed by atoms with Crippen LogP contribution in [0.4, 0.5) is 5.13 Å². The predicted octanol–water partition coefficient (Wildman–Crippen LogP) is 2.96. The number of piperazine rings is 1. The van der Waals surface area contributed by atoms with Crippen LogP contribution in [0.15, 0.2) is 47.4 Å². The van der Waals surface area contributed by atoms with Crippen molar-refractivity contribution in [1.29, 1.82) is 0 Å². The van der Waals surface area contributed by atoms with Crippen molar-refractivity contribution in [2.45, 2.75) is 32.9 Å². The lowest BCUT2D eigenvalue weighted by atomic mass is 10.2. The molecule has 1 aliphatic rings. The summed E-state index contributed by atoms with van der Waals surface area (Å²) in [5.41, 5.74) is 2.72. The van der Waals surface area contributed by atoms with Gasteiger partial charge in [0.15, 0.2) is 5.13 Å². The Hall–Kier alpha value is -3.20. The topological polar surface area (TPSA) is 76.3 Å². The second kappa shape index (κ2) is 8.74. The first-order valence-electron chi connectivity index (χ1n) is 11.1. The SMILES string of the molecule is CCCn1c(=O)n(CCC(=O)N2CCN(c3nc4cccnc4s3)CC2)c2ccccc21. The van der Waals surface area contributed by atoms with Crippen molar-refractivity contribution in [3.8, 4) is 0 Å². The molecule has 1 aliphatic heterocycles. The summed E-state index contributed by atoms with van der Waals surface area (Å²) in [4.78, 5) is 39.9. The van der Waals surface area contributed by atoms with Crippen LogP contribution < -0.4 is 10.6 Å². The number of hydrogen-bond donors (Lipinski definition) is 0. The Labute approximate surface area is 189 Å². The van der Waals surface area contributed by atoms with Gasteiger partial charge in [0.25, 0.3) is 0 Å². The highest BCUT2D eigenvalue weighted by molar-refractivity contribution is 7.21. The van der Waals surface area contributed by atoms with Gasteiger partial charge in [-0.05, 0) is 30.7 Å². The molecular weight excluding hydrogens is 424 g/mol. The van der Waals surface area contributed by atoms with E-state index in [1.165, 1.54) is 0 Å². The van der Waals surface area contributed by atoms with Crippen LogP contribution in [0, 0.1) is 0 Å². The number of anilines is 1. The van der Waals surface area contributed by atoms with E-state index in [0.29, 0.717) is 32.6 Å². The number of nitrogens with zero attached hydrogens (tertiary/aromatic N) is 6. The molecule has 3 aromatic heterocycles. The Balaban J connectivity index is 1.23. The molecule has 0 atom stereocenters. The maximum atomic E-state index is 12.9. The van der Waals surface area contributed by atoms with E-state index in [4.69, 9.17) is 0 Å². The number of hydrogen-bond acceptors (Lipinski definition) is 6. The molecule has 166 valence electrons. The number of amides is 1. The van der Waals surface area contributed by atoms with Crippen molar-refractivity contribution in [1.82, 2.24) is 24.0 Å². The van der Waals surface area contributed by atoms with Crippen molar-refractivity contribution < 1.29 is 4.79 Å². The number of aryl methyl sites for hydroxylation is 2. The molecule has 8 nitrogen and oxygen atoms in total. The first-order valence-corrected chi connectivity index (χ1v) is 11.9. The van der Waals surface area contributed by atoms with Gasteiger partial charge < -0.3 is 9.80 Å². The van der Waals surface area contributed by atoms with E-state index >= 15 is 0 Å². The summed E-state index contributed by atoms with van der Waals surface area (Å²) < 4.78 is 3.55. The van der Waals surface area contributed by atoms with Crippen molar-refractivity contribution in [3.05, 3.63) is 53.1 Å². The number of thiazole rings is 1. The van der Waals surface area contributed by atoms with Gasteiger partial charge in [-0.2, -0.15) is 0 Å². The smallest absolute Gasteiger partial charge is 0.329 e. The molecule has 1 saturated heterocycles. The normalized spacial score (nSPS) is 14.5. The number of carbonyl (C=O) groups is 1. The molecule has 1 aromatic carbocycles. The molecule has 0 aliphatic carbocycles. The number of para-hydroxylation sites is 2. The molecule has 32 heavy (non-hydrogen) atoms. The summed E-state index contributed by atoms with van der Waals surface area (Å²) in [6.45, 7) is 5.97. The Morgan fingerprint density at radius 2 is 1.72 bits per heavy atom. The molecule has 0 saturated carbocycles. The third kappa shape index (κ3) is 3.77. The first-order chi connectivity index (χ1) is 15.7. The van der Waals surface area contributed by atoms with Gasteiger partial charge in [-0.3, -0.25) is 13.9 Å². The van der Waals surface area contributed by atoms with Crippen LogP contribution in [0.5, 0.6) is 0 Å². The fourth-order valence-corrected chi connectivity index (χ4v) is 5.30. The van der Waals surface area contributed by atoms with Gasteiger partial charge >= 0.3 is 5.69 Å². The highest BCUT2D eigenvalue weighted by Gasteiger charge is 2.23. The lowest BCUT2D eigenvalue weighted by molar-refractivity contribution is -0.131. The fraction of sp³-hybridized carbons (Fsp3) is 0.391. The van der Waals surface area contributed by atoms with E-state index in [9.17, 15) is 9.59 Å². The summed E-state index contributed by atoms with van der Waals surface area (Å²) in [5, 5.41) is 0.959. The molecule has 1 fully saturated rings. The maximum absolute atomic E-state index is 12.9. The minimum atomic E-state index is -0.0323. The third-order valence-electron chi connectivity index (χ3n) is 5.98. The van der Waals surface area contributed by atoms with Gasteiger partial charge in [-0.25, -0.2) is 14.8 Å². The lowest BCUT2D eigenvalue weighted by Gasteiger charge is -2.34. The summed E-state index contributed by atoms with van der Waals surface area (Å²) in [7, 11) is 0. The number of rotatable bonds is 6. The van der Waals surface area contributed by atoms with Crippen molar-refractivity contribution in [3.63, 3.8) is 0 Å². The summed E-state index contributed by atoms with van der Waals surface area (Å²) >= 11 is 1.59. The van der Waals surface area contributed by atoms with Gasteiger partial charge in [0.05, 0.1) is 11.0 Å². The molecule has 4 aromatic rings. The van der Waals surface area contributed by atoms with E-state index in [1.807, 2.05) is 45.9 Å². The summed E-state index contributed by atoms with van der Waals surface area (Å²) in [5.74, 6) is 0.0924. The largest absolute Gasteiger partial charge is 0.344 e. The number of benzene rings is 1. The second-order valence-electron chi connectivity index (χ2n) is 8.02.